The summed E-state index contributed by atoms with van der Waals surface area (Å²) in [5.74, 6) is 0.777. The highest BCUT2D eigenvalue weighted by molar-refractivity contribution is 5.44. The number of aromatic hydroxyl groups is 2. The Hall–Kier alpha value is -1.22. The molecule has 3 unspecified atom stereocenters. The van der Waals surface area contributed by atoms with E-state index in [2.05, 4.69) is 26.1 Å². The van der Waals surface area contributed by atoms with E-state index >= 15 is 0 Å². The molecule has 0 heterocycles. The number of nitrogens with one attached hydrogen (secondary N) is 1. The van der Waals surface area contributed by atoms with E-state index in [0.29, 0.717) is 23.4 Å². The predicted molar refractivity (Wildman–Crippen MR) is 79.6 cm³/mol. The van der Waals surface area contributed by atoms with E-state index in [1.807, 2.05) is 6.07 Å². The number of rotatable bonds is 3. The van der Waals surface area contributed by atoms with Gasteiger partial charge in [0, 0.05) is 18.2 Å². The highest BCUT2D eigenvalue weighted by Gasteiger charge is 2.60. The normalized spacial score (nSPS) is 34.5. The molecule has 0 spiro atoms. The van der Waals surface area contributed by atoms with Crippen LogP contribution in [0.4, 0.5) is 0 Å². The van der Waals surface area contributed by atoms with Gasteiger partial charge in [-0.15, -0.1) is 0 Å². The van der Waals surface area contributed by atoms with Crippen LogP contribution in [-0.2, 0) is 6.54 Å². The summed E-state index contributed by atoms with van der Waals surface area (Å²) in [6.45, 7) is 7.82. The van der Waals surface area contributed by atoms with Gasteiger partial charge in [-0.2, -0.15) is 0 Å². The lowest BCUT2D eigenvalue weighted by atomic mass is 9.69. The van der Waals surface area contributed by atoms with Crippen molar-refractivity contribution in [2.24, 2.45) is 16.7 Å². The highest BCUT2D eigenvalue weighted by Crippen LogP contribution is 2.65. The number of hydrogen-bond acceptors (Lipinski definition) is 3. The Balaban J connectivity index is 1.73. The van der Waals surface area contributed by atoms with E-state index in [1.54, 1.807) is 6.07 Å². The van der Waals surface area contributed by atoms with Crippen molar-refractivity contribution in [2.45, 2.75) is 52.6 Å². The first-order chi connectivity index (χ1) is 9.36. The van der Waals surface area contributed by atoms with Gasteiger partial charge >= 0.3 is 0 Å². The third kappa shape index (κ3) is 1.76. The summed E-state index contributed by atoms with van der Waals surface area (Å²) in [6.07, 6.45) is 3.86. The molecule has 3 rings (SSSR count). The van der Waals surface area contributed by atoms with Gasteiger partial charge in [0.2, 0.25) is 0 Å². The monoisotopic (exact) mass is 275 g/mol. The van der Waals surface area contributed by atoms with Crippen LogP contribution in [0.2, 0.25) is 0 Å². The molecule has 110 valence electrons. The zero-order chi connectivity index (χ0) is 14.5. The van der Waals surface area contributed by atoms with Crippen molar-refractivity contribution in [2.75, 3.05) is 0 Å². The second kappa shape index (κ2) is 4.39. The van der Waals surface area contributed by atoms with Crippen LogP contribution in [0.3, 0.4) is 0 Å². The van der Waals surface area contributed by atoms with Crippen LogP contribution in [0.1, 0.15) is 45.6 Å². The minimum absolute atomic E-state index is 0.00701. The molecule has 20 heavy (non-hydrogen) atoms. The molecule has 0 radical (unpaired) electrons. The van der Waals surface area contributed by atoms with Crippen LogP contribution < -0.4 is 5.32 Å². The number of hydrogen-bond donors (Lipinski definition) is 3. The first-order valence-electron chi connectivity index (χ1n) is 7.59. The first-order valence-corrected chi connectivity index (χ1v) is 7.59. The molecule has 2 aliphatic rings. The summed E-state index contributed by atoms with van der Waals surface area (Å²) < 4.78 is 0. The van der Waals surface area contributed by atoms with Crippen LogP contribution in [-0.4, -0.2) is 16.3 Å². The maximum Gasteiger partial charge on any atom is 0.161 e. The Kier molecular flexibility index (Phi) is 3.02. The molecule has 2 fully saturated rings. The predicted octanol–water partition coefficient (Wildman–Crippen LogP) is 3.40. The van der Waals surface area contributed by atoms with Gasteiger partial charge in [0.05, 0.1) is 0 Å². The fourth-order valence-corrected chi connectivity index (χ4v) is 4.47. The highest BCUT2D eigenvalue weighted by atomic mass is 16.3. The maximum absolute atomic E-state index is 9.88. The Labute approximate surface area is 121 Å². The van der Waals surface area contributed by atoms with Crippen molar-refractivity contribution >= 4 is 0 Å². The first kappa shape index (κ1) is 13.7. The van der Waals surface area contributed by atoms with Crippen molar-refractivity contribution in [3.63, 3.8) is 0 Å². The second-order valence-corrected chi connectivity index (χ2v) is 7.33. The lowest BCUT2D eigenvalue weighted by molar-refractivity contribution is 0.120. The maximum atomic E-state index is 9.88. The topological polar surface area (TPSA) is 52.5 Å². The quantitative estimate of drug-likeness (QED) is 0.741. The van der Waals surface area contributed by atoms with Crippen LogP contribution >= 0.6 is 0 Å². The molecule has 0 amide bonds. The van der Waals surface area contributed by atoms with Crippen molar-refractivity contribution in [3.8, 4) is 11.5 Å². The minimum Gasteiger partial charge on any atom is -0.504 e. The van der Waals surface area contributed by atoms with Crippen LogP contribution in [0.5, 0.6) is 11.5 Å². The molecule has 1 aromatic carbocycles. The van der Waals surface area contributed by atoms with Gasteiger partial charge in [0.15, 0.2) is 11.5 Å². The van der Waals surface area contributed by atoms with E-state index in [9.17, 15) is 10.2 Å². The Morgan fingerprint density at radius 1 is 1.25 bits per heavy atom. The zero-order valence-electron chi connectivity index (χ0n) is 12.6. The third-order valence-corrected chi connectivity index (χ3v) is 6.43. The van der Waals surface area contributed by atoms with Gasteiger partial charge in [-0.1, -0.05) is 32.9 Å². The lowest BCUT2D eigenvalue weighted by Gasteiger charge is -2.39. The Morgan fingerprint density at radius 3 is 2.60 bits per heavy atom. The Morgan fingerprint density at radius 2 is 2.00 bits per heavy atom. The molecule has 0 aliphatic heterocycles. The summed E-state index contributed by atoms with van der Waals surface area (Å²) in [6, 6.07) is 5.65. The van der Waals surface area contributed by atoms with Crippen LogP contribution in [0, 0.1) is 16.7 Å². The molecule has 2 bridgehead atoms. The molecule has 3 atom stereocenters. The molecule has 3 heteroatoms. The molecule has 3 N–H and O–H groups in total. The summed E-state index contributed by atoms with van der Waals surface area (Å²) in [5, 5.41) is 23.1. The largest absolute Gasteiger partial charge is 0.504 e. The zero-order valence-corrected chi connectivity index (χ0v) is 12.6. The molecular weight excluding hydrogens is 250 g/mol. The number of phenols is 2. The average Bonchev–Trinajstić information content (AvgIpc) is 2.73. The SMILES string of the molecule is CC1(C)C2CCC1(C)C(NCc1cccc(O)c1O)C2. The molecule has 1 aromatic rings. The van der Waals surface area contributed by atoms with Gasteiger partial charge in [-0.25, -0.2) is 0 Å². The summed E-state index contributed by atoms with van der Waals surface area (Å²) in [5.41, 5.74) is 1.50. The van der Waals surface area contributed by atoms with Gasteiger partial charge < -0.3 is 15.5 Å². The van der Waals surface area contributed by atoms with Gasteiger partial charge in [-0.05, 0) is 42.1 Å². The van der Waals surface area contributed by atoms with Crippen molar-refractivity contribution in [1.82, 2.24) is 5.32 Å². The van der Waals surface area contributed by atoms with E-state index in [0.717, 1.165) is 11.5 Å². The van der Waals surface area contributed by atoms with Crippen molar-refractivity contribution in [1.29, 1.82) is 0 Å². The van der Waals surface area contributed by atoms with Crippen LogP contribution in [0.15, 0.2) is 18.2 Å². The second-order valence-electron chi connectivity index (χ2n) is 7.33. The van der Waals surface area contributed by atoms with E-state index < -0.39 is 0 Å². The molecule has 2 aliphatic carbocycles. The third-order valence-electron chi connectivity index (χ3n) is 6.43. The minimum atomic E-state index is -0.0382. The van der Waals surface area contributed by atoms with E-state index in [4.69, 9.17) is 0 Å². The average molecular weight is 275 g/mol. The van der Waals surface area contributed by atoms with Gasteiger partial charge in [-0.3, -0.25) is 0 Å². The number of fused-ring (bicyclic) bond motifs is 2. The number of benzene rings is 1. The van der Waals surface area contributed by atoms with Crippen LogP contribution in [0.25, 0.3) is 0 Å². The molecule has 3 nitrogen and oxygen atoms in total. The smallest absolute Gasteiger partial charge is 0.161 e. The lowest BCUT2D eigenvalue weighted by Crippen LogP contribution is -2.44. The molecule has 0 saturated heterocycles. The van der Waals surface area contributed by atoms with Gasteiger partial charge in [0.1, 0.15) is 0 Å². The van der Waals surface area contributed by atoms with E-state index in [1.165, 1.54) is 25.3 Å². The number of phenolic OH excluding ortho intramolecular Hbond substituents is 2. The fourth-order valence-electron chi connectivity index (χ4n) is 4.47. The van der Waals surface area contributed by atoms with Crippen molar-refractivity contribution < 1.29 is 10.2 Å². The Bertz CT molecular complexity index is 526. The summed E-state index contributed by atoms with van der Waals surface area (Å²) in [7, 11) is 0. The summed E-state index contributed by atoms with van der Waals surface area (Å²) >= 11 is 0. The number of para-hydroxylation sites is 1. The molecule has 0 aromatic heterocycles. The fraction of sp³-hybridized carbons (Fsp3) is 0.647. The van der Waals surface area contributed by atoms with Gasteiger partial charge in [0.25, 0.3) is 0 Å². The standard InChI is InChI=1S/C17H25NO2/c1-16(2)12-7-8-17(16,3)14(9-12)18-10-11-5-4-6-13(19)15(11)20/h4-6,12,14,18-20H,7-10H2,1-3H3. The molecular formula is C17H25NO2. The molecule has 2 saturated carbocycles. The summed E-state index contributed by atoms with van der Waals surface area (Å²) in [4.78, 5) is 0. The van der Waals surface area contributed by atoms with Crippen molar-refractivity contribution in [3.05, 3.63) is 23.8 Å². The van der Waals surface area contributed by atoms with E-state index in [-0.39, 0.29) is 11.5 Å².